The van der Waals surface area contributed by atoms with E-state index < -0.39 is 0 Å². The molecule has 2 nitrogen and oxygen atoms in total. The average Bonchev–Trinajstić information content (AvgIpc) is 2.32. The highest BCUT2D eigenvalue weighted by atomic mass is 16.5. The fourth-order valence-electron chi connectivity index (χ4n) is 1.77. The van der Waals surface area contributed by atoms with Gasteiger partial charge in [0.2, 0.25) is 0 Å². The molecule has 0 fully saturated rings. The van der Waals surface area contributed by atoms with Gasteiger partial charge in [-0.2, -0.15) is 0 Å². The van der Waals surface area contributed by atoms with E-state index >= 15 is 0 Å². The summed E-state index contributed by atoms with van der Waals surface area (Å²) in [5.74, 6) is 0.940. The van der Waals surface area contributed by atoms with Crippen molar-refractivity contribution >= 4 is 5.69 Å². The molecule has 0 spiro atoms. The summed E-state index contributed by atoms with van der Waals surface area (Å²) in [5.41, 5.74) is 7.66. The van der Waals surface area contributed by atoms with E-state index in [0.29, 0.717) is 0 Å². The molecule has 2 heteroatoms. The first-order valence-electron chi connectivity index (χ1n) is 6.40. The van der Waals surface area contributed by atoms with Crippen molar-refractivity contribution in [1.29, 1.82) is 0 Å². The van der Waals surface area contributed by atoms with Crippen molar-refractivity contribution in [1.82, 2.24) is 0 Å². The van der Waals surface area contributed by atoms with Gasteiger partial charge in [-0.25, -0.2) is 0 Å². The summed E-state index contributed by atoms with van der Waals surface area (Å²) >= 11 is 0. The lowest BCUT2D eigenvalue weighted by molar-refractivity contribution is 0.302. The maximum absolute atomic E-state index is 5.79. The molecule has 17 heavy (non-hydrogen) atoms. The minimum atomic E-state index is 0.778. The molecular weight excluding hydrogens is 210 g/mol. The van der Waals surface area contributed by atoms with Crippen molar-refractivity contribution in [2.45, 2.75) is 39.0 Å². The van der Waals surface area contributed by atoms with Crippen LogP contribution in [-0.2, 0) is 6.42 Å². The van der Waals surface area contributed by atoms with E-state index in [1.165, 1.54) is 19.3 Å². The molecular formula is C15H23NO. The van der Waals surface area contributed by atoms with Crippen molar-refractivity contribution in [3.63, 3.8) is 0 Å². The predicted octanol–water partition coefficient (Wildman–Crippen LogP) is 3.96. The number of hydrogen-bond donors (Lipinski definition) is 1. The molecule has 0 aliphatic heterocycles. The minimum absolute atomic E-state index is 0.778. The number of anilines is 1. The van der Waals surface area contributed by atoms with Crippen LogP contribution in [0.15, 0.2) is 30.9 Å². The van der Waals surface area contributed by atoms with E-state index in [9.17, 15) is 0 Å². The van der Waals surface area contributed by atoms with Crippen LogP contribution < -0.4 is 10.5 Å². The molecule has 0 radical (unpaired) electrons. The van der Waals surface area contributed by atoms with Gasteiger partial charge in [-0.1, -0.05) is 32.3 Å². The third-order valence-corrected chi connectivity index (χ3v) is 2.70. The first-order valence-corrected chi connectivity index (χ1v) is 6.40. The van der Waals surface area contributed by atoms with Gasteiger partial charge in [0.05, 0.1) is 6.61 Å². The lowest BCUT2D eigenvalue weighted by Gasteiger charge is -2.11. The number of nitrogens with two attached hydrogens (primary N) is 1. The van der Waals surface area contributed by atoms with Crippen molar-refractivity contribution < 1.29 is 4.74 Å². The van der Waals surface area contributed by atoms with Crippen LogP contribution in [0.3, 0.4) is 0 Å². The molecule has 0 heterocycles. The first-order chi connectivity index (χ1) is 8.27. The summed E-state index contributed by atoms with van der Waals surface area (Å²) in [6, 6.07) is 5.80. The van der Waals surface area contributed by atoms with Crippen LogP contribution in [-0.4, -0.2) is 6.61 Å². The zero-order chi connectivity index (χ0) is 12.5. The van der Waals surface area contributed by atoms with E-state index in [-0.39, 0.29) is 0 Å². The highest BCUT2D eigenvalue weighted by Gasteiger charge is 2.02. The SMILES string of the molecule is C=CCc1cc(N)ccc1OCCCCCC. The number of allylic oxidation sites excluding steroid dienone is 1. The van der Waals surface area contributed by atoms with E-state index in [0.717, 1.165) is 36.4 Å². The molecule has 1 aromatic rings. The molecule has 0 amide bonds. The van der Waals surface area contributed by atoms with Crippen molar-refractivity contribution in [3.8, 4) is 5.75 Å². The molecule has 0 aliphatic rings. The Labute approximate surface area is 104 Å². The van der Waals surface area contributed by atoms with Gasteiger partial charge in [-0.05, 0) is 36.6 Å². The zero-order valence-corrected chi connectivity index (χ0v) is 10.7. The Balaban J connectivity index is 2.48. The van der Waals surface area contributed by atoms with E-state index in [1.807, 2.05) is 24.3 Å². The topological polar surface area (TPSA) is 35.2 Å². The zero-order valence-electron chi connectivity index (χ0n) is 10.7. The summed E-state index contributed by atoms with van der Waals surface area (Å²) in [6.45, 7) is 6.75. The smallest absolute Gasteiger partial charge is 0.122 e. The summed E-state index contributed by atoms with van der Waals surface area (Å²) in [5, 5.41) is 0. The largest absolute Gasteiger partial charge is 0.493 e. The average molecular weight is 233 g/mol. The Hall–Kier alpha value is -1.44. The van der Waals surface area contributed by atoms with Crippen LogP contribution >= 0.6 is 0 Å². The molecule has 0 unspecified atom stereocenters. The standard InChI is InChI=1S/C15H23NO/c1-3-5-6-7-11-17-15-10-9-14(16)12-13(15)8-4-2/h4,9-10,12H,2-3,5-8,11,16H2,1H3. The summed E-state index contributed by atoms with van der Waals surface area (Å²) in [4.78, 5) is 0. The van der Waals surface area contributed by atoms with Gasteiger partial charge in [-0.15, -0.1) is 6.58 Å². The summed E-state index contributed by atoms with van der Waals surface area (Å²) < 4.78 is 5.79. The second-order valence-electron chi connectivity index (χ2n) is 4.27. The second kappa shape index (κ2) is 7.77. The molecule has 0 aliphatic carbocycles. The highest BCUT2D eigenvalue weighted by Crippen LogP contribution is 2.22. The molecule has 0 atom stereocenters. The molecule has 1 aromatic carbocycles. The molecule has 0 saturated heterocycles. The normalized spacial score (nSPS) is 10.2. The minimum Gasteiger partial charge on any atom is -0.493 e. The Morgan fingerprint density at radius 2 is 2.12 bits per heavy atom. The molecule has 2 N–H and O–H groups in total. The van der Waals surface area contributed by atoms with Crippen LogP contribution in [0.25, 0.3) is 0 Å². The number of nitrogen functional groups attached to an aromatic ring is 1. The number of unbranched alkanes of at least 4 members (excludes halogenated alkanes) is 3. The lowest BCUT2D eigenvalue weighted by atomic mass is 10.1. The fourth-order valence-corrected chi connectivity index (χ4v) is 1.77. The van der Waals surface area contributed by atoms with Crippen LogP contribution in [0.1, 0.15) is 38.2 Å². The van der Waals surface area contributed by atoms with Crippen LogP contribution in [0.4, 0.5) is 5.69 Å². The maximum Gasteiger partial charge on any atom is 0.122 e. The Kier molecular flexibility index (Phi) is 6.23. The Morgan fingerprint density at radius 3 is 2.82 bits per heavy atom. The van der Waals surface area contributed by atoms with Gasteiger partial charge in [0.15, 0.2) is 0 Å². The number of benzene rings is 1. The lowest BCUT2D eigenvalue weighted by Crippen LogP contribution is -2.01. The van der Waals surface area contributed by atoms with Gasteiger partial charge < -0.3 is 10.5 Å². The van der Waals surface area contributed by atoms with Gasteiger partial charge in [0, 0.05) is 5.69 Å². The fraction of sp³-hybridized carbons (Fsp3) is 0.467. The first kappa shape index (κ1) is 13.6. The van der Waals surface area contributed by atoms with Crippen molar-refractivity contribution in [3.05, 3.63) is 36.4 Å². The van der Waals surface area contributed by atoms with Crippen molar-refractivity contribution in [2.75, 3.05) is 12.3 Å². The van der Waals surface area contributed by atoms with E-state index in [2.05, 4.69) is 13.5 Å². The third kappa shape index (κ3) is 4.94. The van der Waals surface area contributed by atoms with Crippen molar-refractivity contribution in [2.24, 2.45) is 0 Å². The summed E-state index contributed by atoms with van der Waals surface area (Å²) in [6.07, 6.45) is 7.57. The molecule has 0 bridgehead atoms. The summed E-state index contributed by atoms with van der Waals surface area (Å²) in [7, 11) is 0. The van der Waals surface area contributed by atoms with Crippen LogP contribution in [0, 0.1) is 0 Å². The van der Waals surface area contributed by atoms with E-state index in [1.54, 1.807) is 0 Å². The van der Waals surface area contributed by atoms with Crippen LogP contribution in [0.2, 0.25) is 0 Å². The second-order valence-corrected chi connectivity index (χ2v) is 4.27. The molecule has 94 valence electrons. The highest BCUT2D eigenvalue weighted by molar-refractivity contribution is 5.48. The van der Waals surface area contributed by atoms with Crippen LogP contribution in [0.5, 0.6) is 5.75 Å². The number of hydrogen-bond acceptors (Lipinski definition) is 2. The van der Waals surface area contributed by atoms with E-state index in [4.69, 9.17) is 10.5 Å². The Bertz CT molecular complexity index is 347. The molecule has 0 aromatic heterocycles. The van der Waals surface area contributed by atoms with Gasteiger partial charge >= 0.3 is 0 Å². The van der Waals surface area contributed by atoms with Gasteiger partial charge in [0.1, 0.15) is 5.75 Å². The Morgan fingerprint density at radius 1 is 1.29 bits per heavy atom. The maximum atomic E-state index is 5.79. The quantitative estimate of drug-likeness (QED) is 0.419. The number of rotatable bonds is 8. The van der Waals surface area contributed by atoms with Gasteiger partial charge in [-0.3, -0.25) is 0 Å². The number of ether oxygens (including phenoxy) is 1. The van der Waals surface area contributed by atoms with Gasteiger partial charge in [0.25, 0.3) is 0 Å². The third-order valence-electron chi connectivity index (χ3n) is 2.70. The molecule has 0 saturated carbocycles. The predicted molar refractivity (Wildman–Crippen MR) is 74.4 cm³/mol. The monoisotopic (exact) mass is 233 g/mol. The molecule has 1 rings (SSSR count).